The van der Waals surface area contributed by atoms with Gasteiger partial charge in [-0.05, 0) is 39.8 Å². The van der Waals surface area contributed by atoms with Crippen molar-refractivity contribution >= 4 is 6.09 Å². The van der Waals surface area contributed by atoms with Crippen molar-refractivity contribution in [1.29, 1.82) is 0 Å². The quantitative estimate of drug-likeness (QED) is 0.789. The van der Waals surface area contributed by atoms with Crippen molar-refractivity contribution < 1.29 is 9.53 Å². The largest absolute Gasteiger partial charge is 0.442 e. The Morgan fingerprint density at radius 3 is 2.68 bits per heavy atom. The lowest BCUT2D eigenvalue weighted by Crippen LogP contribution is -2.27. The number of carbonyl (C=O) groups is 1. The number of aryl methyl sites for hydroxylation is 1. The van der Waals surface area contributed by atoms with Gasteiger partial charge >= 0.3 is 6.09 Å². The van der Waals surface area contributed by atoms with Gasteiger partial charge in [-0.2, -0.15) is 9.78 Å². The molecule has 0 unspecified atom stereocenters. The van der Waals surface area contributed by atoms with Crippen molar-refractivity contribution in [3.8, 4) is 11.3 Å². The molecule has 0 radical (unpaired) electrons. The number of pyridine rings is 1. The molecule has 0 aliphatic carbocycles. The van der Waals surface area contributed by atoms with Crippen LogP contribution in [0.4, 0.5) is 4.79 Å². The summed E-state index contributed by atoms with van der Waals surface area (Å²) in [5, 5.41) is 4.01. The minimum atomic E-state index is -0.537. The van der Waals surface area contributed by atoms with E-state index in [9.17, 15) is 4.79 Å². The van der Waals surface area contributed by atoms with Gasteiger partial charge in [-0.1, -0.05) is 6.07 Å². The molecule has 0 saturated heterocycles. The predicted molar refractivity (Wildman–Crippen MR) is 71.8 cm³/mol. The van der Waals surface area contributed by atoms with Gasteiger partial charge in [0.05, 0.1) is 11.9 Å². The van der Waals surface area contributed by atoms with Gasteiger partial charge in [0.1, 0.15) is 5.60 Å². The number of nitrogens with zero attached hydrogens (tertiary/aromatic N) is 3. The lowest BCUT2D eigenvalue weighted by Gasteiger charge is -2.18. The number of hydrogen-bond donors (Lipinski definition) is 0. The summed E-state index contributed by atoms with van der Waals surface area (Å²) in [6.07, 6.45) is 2.73. The Morgan fingerprint density at radius 2 is 2.05 bits per heavy atom. The maximum absolute atomic E-state index is 11.8. The van der Waals surface area contributed by atoms with E-state index < -0.39 is 11.7 Å². The molecule has 0 fully saturated rings. The summed E-state index contributed by atoms with van der Waals surface area (Å²) in [6.45, 7) is 7.37. The molecule has 0 saturated carbocycles. The second kappa shape index (κ2) is 4.84. The SMILES string of the molecule is Cc1cccc(-c2cnn(C(=O)OC(C)(C)C)c2)n1. The van der Waals surface area contributed by atoms with Crippen LogP contribution >= 0.6 is 0 Å². The molecule has 0 aliphatic rings. The number of aromatic nitrogens is 3. The predicted octanol–water partition coefficient (Wildman–Crippen LogP) is 3.04. The zero-order chi connectivity index (χ0) is 14.0. The standard InChI is InChI=1S/C14H17N3O2/c1-10-6-5-7-12(16-10)11-8-15-17(9-11)13(18)19-14(2,3)4/h5-9H,1-4H3. The molecule has 2 aromatic rings. The minimum Gasteiger partial charge on any atom is -0.442 e. The Labute approximate surface area is 112 Å². The van der Waals surface area contributed by atoms with Crippen LogP contribution in [0.1, 0.15) is 26.5 Å². The van der Waals surface area contributed by atoms with Crippen LogP contribution in [0, 0.1) is 6.92 Å². The van der Waals surface area contributed by atoms with Crippen molar-refractivity contribution in [3.05, 3.63) is 36.3 Å². The van der Waals surface area contributed by atoms with Crippen LogP contribution in [0.2, 0.25) is 0 Å². The molecule has 19 heavy (non-hydrogen) atoms. The average molecular weight is 259 g/mol. The molecule has 0 bridgehead atoms. The van der Waals surface area contributed by atoms with Gasteiger partial charge in [-0.25, -0.2) is 4.79 Å². The lowest BCUT2D eigenvalue weighted by molar-refractivity contribution is 0.0514. The highest BCUT2D eigenvalue weighted by molar-refractivity contribution is 5.72. The van der Waals surface area contributed by atoms with Gasteiger partial charge < -0.3 is 4.74 Å². The molecular formula is C14H17N3O2. The summed E-state index contributed by atoms with van der Waals surface area (Å²) < 4.78 is 6.42. The second-order valence-corrected chi connectivity index (χ2v) is 5.32. The van der Waals surface area contributed by atoms with Crippen LogP contribution in [0.5, 0.6) is 0 Å². The third kappa shape index (κ3) is 3.40. The Bertz CT molecular complexity index is 597. The van der Waals surface area contributed by atoms with E-state index >= 15 is 0 Å². The van der Waals surface area contributed by atoms with E-state index in [0.29, 0.717) is 0 Å². The first-order chi connectivity index (χ1) is 8.85. The Morgan fingerprint density at radius 1 is 1.32 bits per heavy atom. The van der Waals surface area contributed by atoms with E-state index in [1.165, 1.54) is 4.68 Å². The smallest absolute Gasteiger partial charge is 0.435 e. The highest BCUT2D eigenvalue weighted by Crippen LogP contribution is 2.17. The van der Waals surface area contributed by atoms with Gasteiger partial charge in [0.25, 0.3) is 0 Å². The van der Waals surface area contributed by atoms with Crippen molar-refractivity contribution in [3.63, 3.8) is 0 Å². The van der Waals surface area contributed by atoms with Crippen LogP contribution in [0.25, 0.3) is 11.3 Å². The van der Waals surface area contributed by atoms with Gasteiger partial charge in [0.2, 0.25) is 0 Å². The fourth-order valence-electron chi connectivity index (χ4n) is 1.57. The monoisotopic (exact) mass is 259 g/mol. The summed E-state index contributed by atoms with van der Waals surface area (Å²) in [5.74, 6) is 0. The van der Waals surface area contributed by atoms with E-state index in [2.05, 4.69) is 10.1 Å². The Hall–Kier alpha value is -2.17. The van der Waals surface area contributed by atoms with Crippen LogP contribution in [0.3, 0.4) is 0 Å². The summed E-state index contributed by atoms with van der Waals surface area (Å²) >= 11 is 0. The molecule has 0 spiro atoms. The van der Waals surface area contributed by atoms with Gasteiger partial charge in [-0.3, -0.25) is 4.98 Å². The molecule has 2 heterocycles. The number of ether oxygens (including phenoxy) is 1. The first-order valence-electron chi connectivity index (χ1n) is 6.07. The molecule has 5 nitrogen and oxygen atoms in total. The number of rotatable bonds is 1. The first-order valence-corrected chi connectivity index (χ1v) is 6.07. The van der Waals surface area contributed by atoms with E-state index in [4.69, 9.17) is 4.74 Å². The van der Waals surface area contributed by atoms with E-state index in [-0.39, 0.29) is 0 Å². The van der Waals surface area contributed by atoms with E-state index in [1.54, 1.807) is 12.4 Å². The molecule has 0 amide bonds. The van der Waals surface area contributed by atoms with Crippen LogP contribution in [-0.4, -0.2) is 26.5 Å². The highest BCUT2D eigenvalue weighted by Gasteiger charge is 2.18. The highest BCUT2D eigenvalue weighted by atomic mass is 16.6. The molecule has 0 atom stereocenters. The summed E-state index contributed by atoms with van der Waals surface area (Å²) in [5.41, 5.74) is 1.96. The molecular weight excluding hydrogens is 242 g/mol. The van der Waals surface area contributed by atoms with Crippen LogP contribution in [-0.2, 0) is 4.74 Å². The zero-order valence-corrected chi connectivity index (χ0v) is 11.5. The molecule has 100 valence electrons. The maximum atomic E-state index is 11.8. The topological polar surface area (TPSA) is 57.0 Å². The molecule has 5 heteroatoms. The third-order valence-corrected chi connectivity index (χ3v) is 2.35. The molecule has 0 aromatic carbocycles. The van der Waals surface area contributed by atoms with Crippen molar-refractivity contribution in [2.24, 2.45) is 0 Å². The van der Waals surface area contributed by atoms with Crippen molar-refractivity contribution in [1.82, 2.24) is 14.8 Å². The fraction of sp³-hybridized carbons (Fsp3) is 0.357. The van der Waals surface area contributed by atoms with E-state index in [0.717, 1.165) is 17.0 Å². The molecule has 2 rings (SSSR count). The molecule has 0 N–H and O–H groups in total. The minimum absolute atomic E-state index is 0.494. The molecule has 0 aliphatic heterocycles. The van der Waals surface area contributed by atoms with Crippen molar-refractivity contribution in [2.75, 3.05) is 0 Å². The fourth-order valence-corrected chi connectivity index (χ4v) is 1.57. The van der Waals surface area contributed by atoms with Crippen LogP contribution in [0.15, 0.2) is 30.6 Å². The second-order valence-electron chi connectivity index (χ2n) is 5.32. The van der Waals surface area contributed by atoms with E-state index in [1.807, 2.05) is 45.9 Å². The van der Waals surface area contributed by atoms with Crippen molar-refractivity contribution in [2.45, 2.75) is 33.3 Å². The van der Waals surface area contributed by atoms with Gasteiger partial charge in [0.15, 0.2) is 0 Å². The zero-order valence-electron chi connectivity index (χ0n) is 11.5. The molecule has 2 aromatic heterocycles. The Balaban J connectivity index is 2.22. The number of carbonyl (C=O) groups excluding carboxylic acids is 1. The lowest BCUT2D eigenvalue weighted by atomic mass is 10.2. The summed E-state index contributed by atoms with van der Waals surface area (Å²) in [6, 6.07) is 5.72. The van der Waals surface area contributed by atoms with Crippen LogP contribution < -0.4 is 0 Å². The van der Waals surface area contributed by atoms with Gasteiger partial charge in [0, 0.05) is 17.5 Å². The summed E-state index contributed by atoms with van der Waals surface area (Å²) in [4.78, 5) is 16.2. The third-order valence-electron chi connectivity index (χ3n) is 2.35. The number of hydrogen-bond acceptors (Lipinski definition) is 4. The van der Waals surface area contributed by atoms with Gasteiger partial charge in [-0.15, -0.1) is 0 Å². The average Bonchev–Trinajstić information content (AvgIpc) is 2.75. The summed E-state index contributed by atoms with van der Waals surface area (Å²) in [7, 11) is 0. The Kier molecular flexibility index (Phi) is 3.38. The first kappa shape index (κ1) is 13.3. The normalized spacial score (nSPS) is 11.4. The maximum Gasteiger partial charge on any atom is 0.435 e.